The molecule has 0 radical (unpaired) electrons. The Labute approximate surface area is 93.5 Å². The molecule has 3 heteroatoms. The van der Waals surface area contributed by atoms with Gasteiger partial charge in [-0.25, -0.2) is 0 Å². The maximum atomic E-state index is 12.4. The number of fused-ring (bicyclic) bond motifs is 1. The van der Waals surface area contributed by atoms with E-state index in [1.54, 1.807) is 0 Å². The zero-order valence-electron chi connectivity index (χ0n) is 9.25. The SMILES string of the molecule is CC1(C)CCCNc2ccccc2[S@]1=O. The zero-order valence-corrected chi connectivity index (χ0v) is 10.1. The minimum atomic E-state index is -0.916. The summed E-state index contributed by atoms with van der Waals surface area (Å²) in [6, 6.07) is 7.91. The van der Waals surface area contributed by atoms with E-state index < -0.39 is 10.8 Å². The molecule has 0 saturated carbocycles. The van der Waals surface area contributed by atoms with Crippen molar-refractivity contribution in [3.8, 4) is 0 Å². The number of rotatable bonds is 0. The summed E-state index contributed by atoms with van der Waals surface area (Å²) in [4.78, 5) is 0.946. The van der Waals surface area contributed by atoms with Gasteiger partial charge in [0.1, 0.15) is 0 Å². The highest BCUT2D eigenvalue weighted by Gasteiger charge is 2.29. The molecular formula is C12H17NOS. The van der Waals surface area contributed by atoms with Crippen molar-refractivity contribution in [2.75, 3.05) is 11.9 Å². The second-order valence-corrected chi connectivity index (χ2v) is 6.64. The summed E-state index contributed by atoms with van der Waals surface area (Å²) in [6.45, 7) is 5.15. The molecule has 0 saturated heterocycles. The molecule has 1 aromatic carbocycles. The molecule has 0 fully saturated rings. The molecule has 0 bridgehead atoms. The highest BCUT2D eigenvalue weighted by atomic mass is 32.2. The minimum Gasteiger partial charge on any atom is -0.384 e. The number of para-hydroxylation sites is 1. The van der Waals surface area contributed by atoms with Crippen LogP contribution in [0.3, 0.4) is 0 Å². The van der Waals surface area contributed by atoms with Gasteiger partial charge in [0.2, 0.25) is 0 Å². The fraction of sp³-hybridized carbons (Fsp3) is 0.500. The molecule has 1 heterocycles. The van der Waals surface area contributed by atoms with Gasteiger partial charge in [0.15, 0.2) is 0 Å². The van der Waals surface area contributed by atoms with Crippen LogP contribution in [0.1, 0.15) is 26.7 Å². The van der Waals surface area contributed by atoms with E-state index in [2.05, 4.69) is 19.2 Å². The normalized spacial score (nSPS) is 24.5. The van der Waals surface area contributed by atoms with Crippen LogP contribution in [0, 0.1) is 0 Å². The lowest BCUT2D eigenvalue weighted by molar-refractivity contribution is 0.572. The Morgan fingerprint density at radius 1 is 1.33 bits per heavy atom. The lowest BCUT2D eigenvalue weighted by Gasteiger charge is -2.28. The smallest absolute Gasteiger partial charge is 0.0624 e. The Bertz CT molecular complexity index is 387. The van der Waals surface area contributed by atoms with Crippen LogP contribution in [-0.2, 0) is 10.8 Å². The Balaban J connectivity index is 2.46. The van der Waals surface area contributed by atoms with Gasteiger partial charge >= 0.3 is 0 Å². The van der Waals surface area contributed by atoms with E-state index in [-0.39, 0.29) is 4.75 Å². The summed E-state index contributed by atoms with van der Waals surface area (Å²) < 4.78 is 12.3. The first kappa shape index (κ1) is 10.7. The van der Waals surface area contributed by atoms with Crippen LogP contribution in [0.2, 0.25) is 0 Å². The Kier molecular flexibility index (Phi) is 2.83. The number of hydrogen-bond donors (Lipinski definition) is 1. The van der Waals surface area contributed by atoms with Gasteiger partial charge in [0.05, 0.1) is 21.4 Å². The van der Waals surface area contributed by atoms with Crippen molar-refractivity contribution in [3.05, 3.63) is 24.3 Å². The Hall–Kier alpha value is -0.830. The van der Waals surface area contributed by atoms with Crippen molar-refractivity contribution in [2.45, 2.75) is 36.3 Å². The van der Waals surface area contributed by atoms with Gasteiger partial charge < -0.3 is 5.32 Å². The van der Waals surface area contributed by atoms with Gasteiger partial charge in [0.25, 0.3) is 0 Å². The first-order valence-electron chi connectivity index (χ1n) is 5.36. The monoisotopic (exact) mass is 223 g/mol. The molecule has 0 spiro atoms. The van der Waals surface area contributed by atoms with Crippen LogP contribution in [0.25, 0.3) is 0 Å². The predicted octanol–water partition coefficient (Wildman–Crippen LogP) is 2.78. The molecule has 1 aliphatic rings. The van der Waals surface area contributed by atoms with Gasteiger partial charge in [-0.1, -0.05) is 12.1 Å². The van der Waals surface area contributed by atoms with E-state index in [0.29, 0.717) is 0 Å². The molecule has 1 N–H and O–H groups in total. The average molecular weight is 223 g/mol. The van der Waals surface area contributed by atoms with Crippen LogP contribution >= 0.6 is 0 Å². The molecule has 82 valence electrons. The zero-order chi connectivity index (χ0) is 10.9. The molecule has 0 amide bonds. The molecular weight excluding hydrogens is 206 g/mol. The fourth-order valence-corrected chi connectivity index (χ4v) is 3.37. The van der Waals surface area contributed by atoms with Gasteiger partial charge in [-0.15, -0.1) is 0 Å². The predicted molar refractivity (Wildman–Crippen MR) is 64.7 cm³/mol. The van der Waals surface area contributed by atoms with Gasteiger partial charge in [-0.3, -0.25) is 4.21 Å². The van der Waals surface area contributed by atoms with Crippen molar-refractivity contribution < 1.29 is 4.21 Å². The molecule has 0 aliphatic carbocycles. The van der Waals surface area contributed by atoms with E-state index in [9.17, 15) is 4.21 Å². The highest BCUT2D eigenvalue weighted by molar-refractivity contribution is 7.86. The van der Waals surface area contributed by atoms with E-state index in [1.165, 1.54) is 0 Å². The summed E-state index contributed by atoms with van der Waals surface area (Å²) >= 11 is 0. The molecule has 1 aliphatic heterocycles. The second-order valence-electron chi connectivity index (χ2n) is 4.55. The number of hydrogen-bond acceptors (Lipinski definition) is 2. The number of benzene rings is 1. The molecule has 0 aromatic heterocycles. The van der Waals surface area contributed by atoms with Crippen LogP contribution in [0.15, 0.2) is 29.2 Å². The first-order valence-corrected chi connectivity index (χ1v) is 6.51. The lowest BCUT2D eigenvalue weighted by Crippen LogP contribution is -2.29. The largest absolute Gasteiger partial charge is 0.384 e. The van der Waals surface area contributed by atoms with E-state index in [1.807, 2.05) is 24.3 Å². The van der Waals surface area contributed by atoms with E-state index in [0.717, 1.165) is 30.0 Å². The maximum absolute atomic E-state index is 12.4. The van der Waals surface area contributed by atoms with Crippen molar-refractivity contribution in [1.29, 1.82) is 0 Å². The molecule has 1 aromatic rings. The van der Waals surface area contributed by atoms with Gasteiger partial charge in [0, 0.05) is 11.3 Å². The van der Waals surface area contributed by atoms with E-state index in [4.69, 9.17) is 0 Å². The molecule has 15 heavy (non-hydrogen) atoms. The summed E-state index contributed by atoms with van der Waals surface area (Å²) in [5.41, 5.74) is 1.03. The summed E-state index contributed by atoms with van der Waals surface area (Å²) in [6.07, 6.45) is 2.08. The Morgan fingerprint density at radius 3 is 2.87 bits per heavy atom. The molecule has 1 atom stereocenters. The summed E-state index contributed by atoms with van der Waals surface area (Å²) in [5.74, 6) is 0. The standard InChI is InChI=1S/C12H17NOS/c1-12(2)8-5-9-13-10-6-3-4-7-11(10)15(12)14/h3-4,6-7,13H,5,8-9H2,1-2H3/t15-/m1/s1. The molecule has 2 nitrogen and oxygen atoms in total. The third-order valence-corrected chi connectivity index (χ3v) is 4.82. The minimum absolute atomic E-state index is 0.113. The fourth-order valence-electron chi connectivity index (χ4n) is 1.90. The molecule has 2 rings (SSSR count). The van der Waals surface area contributed by atoms with Gasteiger partial charge in [-0.2, -0.15) is 0 Å². The first-order chi connectivity index (χ1) is 7.11. The third kappa shape index (κ3) is 2.07. The van der Waals surface area contributed by atoms with Crippen molar-refractivity contribution in [1.82, 2.24) is 0 Å². The summed E-state index contributed by atoms with van der Waals surface area (Å²) in [7, 11) is -0.916. The average Bonchev–Trinajstić information content (AvgIpc) is 2.22. The van der Waals surface area contributed by atoms with Crippen LogP contribution in [0.5, 0.6) is 0 Å². The topological polar surface area (TPSA) is 29.1 Å². The van der Waals surface area contributed by atoms with Crippen LogP contribution in [-0.4, -0.2) is 15.5 Å². The third-order valence-electron chi connectivity index (χ3n) is 2.86. The quantitative estimate of drug-likeness (QED) is 0.732. The van der Waals surface area contributed by atoms with E-state index >= 15 is 0 Å². The van der Waals surface area contributed by atoms with Gasteiger partial charge in [-0.05, 0) is 38.8 Å². The highest BCUT2D eigenvalue weighted by Crippen LogP contribution is 2.31. The maximum Gasteiger partial charge on any atom is 0.0624 e. The van der Waals surface area contributed by atoms with Crippen LogP contribution in [0.4, 0.5) is 5.69 Å². The van der Waals surface area contributed by atoms with Crippen LogP contribution < -0.4 is 5.32 Å². The van der Waals surface area contributed by atoms with Crippen molar-refractivity contribution in [3.63, 3.8) is 0 Å². The summed E-state index contributed by atoms with van der Waals surface area (Å²) in [5, 5.41) is 3.34. The van der Waals surface area contributed by atoms with Crippen molar-refractivity contribution in [2.24, 2.45) is 0 Å². The lowest BCUT2D eigenvalue weighted by atomic mass is 10.1. The number of anilines is 1. The molecule has 0 unspecified atom stereocenters. The number of nitrogens with one attached hydrogen (secondary N) is 1. The van der Waals surface area contributed by atoms with Crippen molar-refractivity contribution >= 4 is 16.5 Å². The Morgan fingerprint density at radius 2 is 2.07 bits per heavy atom. The second kappa shape index (κ2) is 3.97.